The zero-order valence-corrected chi connectivity index (χ0v) is 17.3. The summed E-state index contributed by atoms with van der Waals surface area (Å²) in [5, 5.41) is 2.83. The van der Waals surface area contributed by atoms with Crippen molar-refractivity contribution in [1.29, 1.82) is 0 Å². The van der Waals surface area contributed by atoms with Crippen LogP contribution in [0.5, 0.6) is 5.75 Å². The van der Waals surface area contributed by atoms with Crippen LogP contribution in [0.25, 0.3) is 0 Å². The lowest BCUT2D eigenvalue weighted by atomic mass is 9.82. The van der Waals surface area contributed by atoms with Crippen molar-refractivity contribution >= 4 is 29.5 Å². The van der Waals surface area contributed by atoms with Gasteiger partial charge in [-0.25, -0.2) is 4.98 Å². The monoisotopic (exact) mass is 406 g/mol. The van der Waals surface area contributed by atoms with Crippen molar-refractivity contribution in [2.45, 2.75) is 25.7 Å². The first kappa shape index (κ1) is 20.1. The third kappa shape index (κ3) is 3.92. The zero-order valence-electron chi connectivity index (χ0n) is 17.3. The number of anilines is 2. The molecule has 7 nitrogen and oxygen atoms in total. The van der Waals surface area contributed by atoms with E-state index in [1.165, 1.54) is 0 Å². The zero-order chi connectivity index (χ0) is 21.1. The highest BCUT2D eigenvalue weighted by atomic mass is 16.5. The molecule has 2 aromatic rings. The largest absolute Gasteiger partial charge is 0.497 e. The van der Waals surface area contributed by atoms with Crippen LogP contribution in [0.2, 0.25) is 0 Å². The minimum atomic E-state index is -0.478. The molecule has 1 saturated heterocycles. The number of carbonyl (C=O) groups excluding carboxylic acids is 2. The van der Waals surface area contributed by atoms with E-state index in [4.69, 9.17) is 4.74 Å². The smallest absolute Gasteiger partial charge is 0.238 e. The van der Waals surface area contributed by atoms with E-state index in [2.05, 4.69) is 15.3 Å². The maximum atomic E-state index is 13.2. The number of pyridine rings is 1. The lowest BCUT2D eigenvalue weighted by molar-refractivity contribution is -0.123. The number of ether oxygens (including phenoxy) is 1. The van der Waals surface area contributed by atoms with Crippen LogP contribution in [0.1, 0.15) is 24.8 Å². The molecule has 7 heteroatoms. The Bertz CT molecular complexity index is 986. The number of methoxy groups -OCH3 is 1. The third-order valence-electron chi connectivity index (χ3n) is 5.88. The number of benzene rings is 1. The maximum Gasteiger partial charge on any atom is 0.238 e. The Morgan fingerprint density at radius 1 is 1.37 bits per heavy atom. The van der Waals surface area contributed by atoms with Gasteiger partial charge in [-0.1, -0.05) is 12.1 Å². The summed E-state index contributed by atoms with van der Waals surface area (Å²) in [6.07, 6.45) is 6.60. The highest BCUT2D eigenvalue weighted by molar-refractivity contribution is 6.10. The first-order chi connectivity index (χ1) is 14.6. The van der Waals surface area contributed by atoms with E-state index in [1.54, 1.807) is 31.3 Å². The van der Waals surface area contributed by atoms with Crippen molar-refractivity contribution in [3.8, 4) is 5.75 Å². The first-order valence-electron chi connectivity index (χ1n) is 10.2. The highest BCUT2D eigenvalue weighted by Crippen LogP contribution is 2.51. The second-order valence-corrected chi connectivity index (χ2v) is 7.88. The lowest BCUT2D eigenvalue weighted by Gasteiger charge is -2.24. The Hall–Kier alpha value is -3.22. The Morgan fingerprint density at radius 2 is 2.20 bits per heavy atom. The number of hydrogen-bond acceptors (Lipinski definition) is 5. The van der Waals surface area contributed by atoms with Gasteiger partial charge in [0.1, 0.15) is 11.6 Å². The average Bonchev–Trinajstić information content (AvgIpc) is 3.54. The van der Waals surface area contributed by atoms with Crippen molar-refractivity contribution in [1.82, 2.24) is 4.98 Å². The molecule has 2 fully saturated rings. The van der Waals surface area contributed by atoms with Crippen molar-refractivity contribution < 1.29 is 14.3 Å². The molecule has 1 aliphatic carbocycles. The predicted molar refractivity (Wildman–Crippen MR) is 116 cm³/mol. The van der Waals surface area contributed by atoms with Gasteiger partial charge in [-0.3, -0.25) is 14.6 Å². The van der Waals surface area contributed by atoms with Gasteiger partial charge in [0.05, 0.1) is 18.9 Å². The molecule has 1 N–H and O–H groups in total. The van der Waals surface area contributed by atoms with Crippen molar-refractivity contribution in [3.05, 3.63) is 48.2 Å². The molecule has 4 rings (SSSR count). The van der Waals surface area contributed by atoms with Gasteiger partial charge in [0.2, 0.25) is 11.8 Å². The summed E-state index contributed by atoms with van der Waals surface area (Å²) in [6, 6.07) is 11.0. The molecule has 156 valence electrons. The normalized spacial score (nSPS) is 21.3. The molecule has 0 bridgehead atoms. The molecule has 0 spiro atoms. The van der Waals surface area contributed by atoms with Crippen LogP contribution in [0, 0.1) is 11.3 Å². The van der Waals surface area contributed by atoms with Gasteiger partial charge in [-0.15, -0.1) is 0 Å². The van der Waals surface area contributed by atoms with E-state index in [-0.39, 0.29) is 18.2 Å². The topological polar surface area (TPSA) is 83.9 Å². The van der Waals surface area contributed by atoms with Gasteiger partial charge in [0, 0.05) is 37.8 Å². The Kier molecular flexibility index (Phi) is 5.53. The Morgan fingerprint density at radius 3 is 2.93 bits per heavy atom. The Balaban J connectivity index is 1.46. The quantitative estimate of drug-likeness (QED) is 0.716. The van der Waals surface area contributed by atoms with Crippen molar-refractivity contribution in [2.24, 2.45) is 16.3 Å². The third-order valence-corrected chi connectivity index (χ3v) is 5.88. The van der Waals surface area contributed by atoms with E-state index in [0.717, 1.165) is 30.5 Å². The van der Waals surface area contributed by atoms with Gasteiger partial charge < -0.3 is 15.0 Å². The number of rotatable bonds is 7. The molecular weight excluding hydrogens is 380 g/mol. The van der Waals surface area contributed by atoms with Gasteiger partial charge in [-0.2, -0.15) is 0 Å². The average molecular weight is 406 g/mol. The van der Waals surface area contributed by atoms with Crippen LogP contribution in [-0.2, 0) is 16.0 Å². The van der Waals surface area contributed by atoms with E-state index in [0.29, 0.717) is 24.0 Å². The number of amides is 2. The highest BCUT2D eigenvalue weighted by Gasteiger charge is 2.55. The van der Waals surface area contributed by atoms with E-state index in [1.807, 2.05) is 36.5 Å². The summed E-state index contributed by atoms with van der Waals surface area (Å²) in [5.74, 6) is 1.45. The molecule has 1 aromatic carbocycles. The van der Waals surface area contributed by atoms with Gasteiger partial charge in [0.15, 0.2) is 0 Å². The van der Waals surface area contributed by atoms with Crippen LogP contribution in [0.4, 0.5) is 11.5 Å². The number of hydrogen-bond donors (Lipinski definition) is 1. The van der Waals surface area contributed by atoms with Gasteiger partial charge in [-0.05, 0) is 48.9 Å². The fourth-order valence-corrected chi connectivity index (χ4v) is 4.25. The minimum Gasteiger partial charge on any atom is -0.497 e. The molecule has 1 saturated carbocycles. The van der Waals surface area contributed by atoms with Crippen molar-refractivity contribution in [3.63, 3.8) is 0 Å². The van der Waals surface area contributed by atoms with Crippen LogP contribution in [-0.4, -0.2) is 43.7 Å². The second kappa shape index (κ2) is 8.26. The Labute approximate surface area is 176 Å². The van der Waals surface area contributed by atoms with Crippen LogP contribution in [0.3, 0.4) is 0 Å². The summed E-state index contributed by atoms with van der Waals surface area (Å²) in [4.78, 5) is 36.0. The fraction of sp³-hybridized carbons (Fsp3) is 0.391. The number of nitrogens with zero attached hydrogens (tertiary/aromatic N) is 3. The number of carbonyl (C=O) groups is 2. The van der Waals surface area contributed by atoms with E-state index >= 15 is 0 Å². The molecular formula is C23H26N4O3. The lowest BCUT2D eigenvalue weighted by Crippen LogP contribution is -2.37. The molecule has 2 amide bonds. The summed E-state index contributed by atoms with van der Waals surface area (Å²) in [5.41, 5.74) is 1.12. The summed E-state index contributed by atoms with van der Waals surface area (Å²) < 4.78 is 5.20. The van der Waals surface area contributed by atoms with Crippen LogP contribution < -0.4 is 15.0 Å². The predicted octanol–water partition coefficient (Wildman–Crippen LogP) is 3.11. The van der Waals surface area contributed by atoms with Gasteiger partial charge in [0.25, 0.3) is 0 Å². The SMILES string of the molecule is CN=C[C@@]1(C2CC2)CCN(c2ccnc(NC(=O)Cc3cccc(OC)c3)c2)C1=O. The molecule has 1 aliphatic heterocycles. The fourth-order valence-electron chi connectivity index (χ4n) is 4.25. The van der Waals surface area contributed by atoms with E-state index in [9.17, 15) is 9.59 Å². The molecule has 30 heavy (non-hydrogen) atoms. The van der Waals surface area contributed by atoms with Gasteiger partial charge >= 0.3 is 0 Å². The summed E-state index contributed by atoms with van der Waals surface area (Å²) in [6.45, 7) is 0.641. The molecule has 2 heterocycles. The number of aromatic nitrogens is 1. The van der Waals surface area contributed by atoms with Crippen LogP contribution >= 0.6 is 0 Å². The standard InChI is InChI=1S/C23H26N4O3/c1-24-15-23(17-6-7-17)9-11-27(22(23)29)18-8-10-25-20(14-18)26-21(28)13-16-4-3-5-19(12-16)30-2/h3-5,8,10,12,14-15,17H,6-7,9,11,13H2,1-2H3,(H,25,26,28)/t23-/m1/s1. The number of aliphatic imine (C=N–C) groups is 1. The maximum absolute atomic E-state index is 13.2. The molecule has 2 aliphatic rings. The van der Waals surface area contributed by atoms with E-state index < -0.39 is 5.41 Å². The van der Waals surface area contributed by atoms with Crippen molar-refractivity contribution in [2.75, 3.05) is 30.9 Å². The molecule has 0 radical (unpaired) electrons. The summed E-state index contributed by atoms with van der Waals surface area (Å²) in [7, 11) is 3.32. The molecule has 1 atom stereocenters. The minimum absolute atomic E-state index is 0.0930. The molecule has 0 unspecified atom stereocenters. The molecule has 1 aromatic heterocycles. The first-order valence-corrected chi connectivity index (χ1v) is 10.2. The second-order valence-electron chi connectivity index (χ2n) is 7.88. The summed E-state index contributed by atoms with van der Waals surface area (Å²) >= 11 is 0. The number of nitrogens with one attached hydrogen (secondary N) is 1. The van der Waals surface area contributed by atoms with Crippen LogP contribution in [0.15, 0.2) is 47.6 Å².